The average molecular weight is 276 g/mol. The number of rotatable bonds is 8. The summed E-state index contributed by atoms with van der Waals surface area (Å²) in [5, 5.41) is 2.07. The van der Waals surface area contributed by atoms with E-state index in [0.717, 1.165) is 11.3 Å². The molecule has 0 spiro atoms. The number of hydrogen-bond donors (Lipinski definition) is 0. The van der Waals surface area contributed by atoms with Gasteiger partial charge in [-0.05, 0) is 48.5 Å². The Morgan fingerprint density at radius 1 is 1.19 bits per heavy atom. The van der Waals surface area contributed by atoms with Crippen molar-refractivity contribution in [2.45, 2.75) is 20.8 Å². The van der Waals surface area contributed by atoms with Gasteiger partial charge in [-0.2, -0.15) is 0 Å². The molecule has 4 heteroatoms. The highest BCUT2D eigenvalue weighted by Crippen LogP contribution is 2.26. The first-order chi connectivity index (χ1) is 7.41. The third-order valence-corrected chi connectivity index (χ3v) is 5.31. The molecule has 0 rings (SSSR count). The van der Waals surface area contributed by atoms with Crippen molar-refractivity contribution in [1.29, 1.82) is 0 Å². The van der Waals surface area contributed by atoms with Gasteiger partial charge in [-0.3, -0.25) is 0 Å². The van der Waals surface area contributed by atoms with E-state index in [1.807, 2.05) is 20.8 Å². The predicted octanol–water partition coefficient (Wildman–Crippen LogP) is 4.17. The molecule has 0 saturated heterocycles. The van der Waals surface area contributed by atoms with Gasteiger partial charge in [0.25, 0.3) is 0 Å². The molecule has 0 radical (unpaired) electrons. The second kappa shape index (κ2) is 9.28. The molecule has 0 heterocycles. The summed E-state index contributed by atoms with van der Waals surface area (Å²) in [6, 6.07) is 0. The maximum atomic E-state index is 11.6. The Balaban J connectivity index is 3.77. The lowest BCUT2D eigenvalue weighted by Gasteiger charge is -2.10. The van der Waals surface area contributed by atoms with Gasteiger partial charge in [0.2, 0.25) is 0 Å². The van der Waals surface area contributed by atoms with Gasteiger partial charge in [-0.1, -0.05) is 40.3 Å². The van der Waals surface area contributed by atoms with Crippen molar-refractivity contribution < 1.29 is 4.55 Å². The Morgan fingerprint density at radius 2 is 1.81 bits per heavy atom. The van der Waals surface area contributed by atoms with Gasteiger partial charge in [0, 0.05) is 5.75 Å². The van der Waals surface area contributed by atoms with Crippen molar-refractivity contribution in [1.82, 2.24) is 0 Å². The third-order valence-electron chi connectivity index (χ3n) is 1.42. The van der Waals surface area contributed by atoms with Crippen molar-refractivity contribution in [3.05, 3.63) is 35.3 Å². The highest BCUT2D eigenvalue weighted by atomic mass is 33.1. The van der Waals surface area contributed by atoms with E-state index in [4.69, 9.17) is 0 Å². The van der Waals surface area contributed by atoms with Crippen LogP contribution in [0.15, 0.2) is 35.3 Å². The van der Waals surface area contributed by atoms with Crippen LogP contribution in [0.5, 0.6) is 0 Å². The second-order valence-electron chi connectivity index (χ2n) is 3.97. The summed E-state index contributed by atoms with van der Waals surface area (Å²) in [5.41, 5.74) is 3.32. The summed E-state index contributed by atoms with van der Waals surface area (Å²) < 4.78 is 11.6. The molecule has 0 aliphatic rings. The van der Waals surface area contributed by atoms with Crippen LogP contribution >= 0.6 is 21.6 Å². The van der Waals surface area contributed by atoms with Crippen LogP contribution in [0.1, 0.15) is 20.8 Å². The minimum absolute atomic E-state index is 0.606. The molecule has 0 aliphatic carbocycles. The van der Waals surface area contributed by atoms with E-state index >= 15 is 0 Å². The van der Waals surface area contributed by atoms with Gasteiger partial charge < -0.3 is 4.55 Å². The van der Waals surface area contributed by atoms with Crippen molar-refractivity contribution in [2.75, 3.05) is 17.3 Å². The van der Waals surface area contributed by atoms with Crippen LogP contribution in [-0.2, 0) is 11.2 Å². The summed E-state index contributed by atoms with van der Waals surface area (Å²) >= 11 is -0.802. The topological polar surface area (TPSA) is 23.1 Å². The molecule has 0 saturated carbocycles. The quantitative estimate of drug-likeness (QED) is 0.288. The highest BCUT2D eigenvalue weighted by Gasteiger charge is 2.06. The average Bonchev–Trinajstić information content (AvgIpc) is 2.10. The Hall–Kier alpha value is 0.230. The van der Waals surface area contributed by atoms with Gasteiger partial charge in [0.05, 0.1) is 0 Å². The smallest absolute Gasteiger partial charge is 0.127 e. The summed E-state index contributed by atoms with van der Waals surface area (Å²) in [5.74, 6) is 2.21. The maximum Gasteiger partial charge on any atom is 0.127 e. The lowest BCUT2D eigenvalue weighted by Crippen LogP contribution is -2.12. The molecule has 0 fully saturated rings. The largest absolute Gasteiger partial charge is 0.616 e. The molecule has 0 aromatic carbocycles. The zero-order chi connectivity index (χ0) is 12.6. The van der Waals surface area contributed by atoms with E-state index in [0.29, 0.717) is 11.5 Å². The van der Waals surface area contributed by atoms with Crippen molar-refractivity contribution >= 4 is 32.8 Å². The fourth-order valence-electron chi connectivity index (χ4n) is 0.865. The molecule has 0 bridgehead atoms. The fourth-order valence-corrected chi connectivity index (χ4v) is 4.30. The zero-order valence-electron chi connectivity index (χ0n) is 10.2. The zero-order valence-corrected chi connectivity index (χ0v) is 12.7. The molecular formula is C12H20OS3. The van der Waals surface area contributed by atoms with Crippen LogP contribution in [0.25, 0.3) is 0 Å². The van der Waals surface area contributed by atoms with Crippen LogP contribution in [0, 0.1) is 0 Å². The molecule has 1 unspecified atom stereocenters. The number of hydrogen-bond acceptors (Lipinski definition) is 3. The maximum absolute atomic E-state index is 11.6. The molecule has 0 aromatic heterocycles. The van der Waals surface area contributed by atoms with Crippen LogP contribution in [-0.4, -0.2) is 21.8 Å². The summed E-state index contributed by atoms with van der Waals surface area (Å²) in [7, 11) is 3.44. The lowest BCUT2D eigenvalue weighted by molar-refractivity contribution is 0.599. The molecule has 0 aliphatic heterocycles. The Labute approximate surface area is 110 Å². The van der Waals surface area contributed by atoms with Crippen LogP contribution in [0.2, 0.25) is 0 Å². The van der Waals surface area contributed by atoms with Gasteiger partial charge in [0.1, 0.15) is 11.5 Å². The molecule has 92 valence electrons. The second-order valence-corrected chi connectivity index (χ2v) is 7.66. The van der Waals surface area contributed by atoms with Crippen molar-refractivity contribution in [3.8, 4) is 0 Å². The normalized spacial score (nSPS) is 13.6. The highest BCUT2D eigenvalue weighted by molar-refractivity contribution is 8.77. The molecule has 1 atom stereocenters. The first-order valence-electron chi connectivity index (χ1n) is 4.99. The Morgan fingerprint density at radius 3 is 2.31 bits per heavy atom. The van der Waals surface area contributed by atoms with Gasteiger partial charge in [0.15, 0.2) is 0 Å². The van der Waals surface area contributed by atoms with E-state index in [-0.39, 0.29) is 0 Å². The lowest BCUT2D eigenvalue weighted by atomic mass is 10.4. The molecule has 0 aromatic rings. The van der Waals surface area contributed by atoms with E-state index in [2.05, 4.69) is 18.6 Å². The van der Waals surface area contributed by atoms with Crippen LogP contribution < -0.4 is 0 Å². The standard InChI is InChI=1S/C12H20OS3/c1-10(2)6-14-15-7-12(5)9-16(13)8-11(3)4/h7H,1,3,6,8-9H2,2,4-5H3/b12-7-. The minimum Gasteiger partial charge on any atom is -0.616 e. The van der Waals surface area contributed by atoms with E-state index in [1.165, 1.54) is 11.1 Å². The molecule has 16 heavy (non-hydrogen) atoms. The summed E-state index contributed by atoms with van der Waals surface area (Å²) in [6.45, 7) is 13.6. The monoisotopic (exact) mass is 276 g/mol. The first-order valence-corrected chi connectivity index (χ1v) is 8.86. The van der Waals surface area contributed by atoms with E-state index in [9.17, 15) is 4.55 Å². The van der Waals surface area contributed by atoms with Crippen LogP contribution in [0.4, 0.5) is 0 Å². The fraction of sp³-hybridized carbons (Fsp3) is 0.500. The van der Waals surface area contributed by atoms with E-state index in [1.54, 1.807) is 21.6 Å². The summed E-state index contributed by atoms with van der Waals surface area (Å²) in [6.07, 6.45) is 0. The molecule has 0 amide bonds. The van der Waals surface area contributed by atoms with Gasteiger partial charge in [-0.25, -0.2) is 0 Å². The van der Waals surface area contributed by atoms with Gasteiger partial charge >= 0.3 is 0 Å². The molecular weight excluding hydrogens is 256 g/mol. The predicted molar refractivity (Wildman–Crippen MR) is 81.3 cm³/mol. The van der Waals surface area contributed by atoms with Gasteiger partial charge in [-0.15, -0.1) is 0 Å². The van der Waals surface area contributed by atoms with Crippen molar-refractivity contribution in [2.24, 2.45) is 0 Å². The minimum atomic E-state index is -0.802. The van der Waals surface area contributed by atoms with E-state index < -0.39 is 11.2 Å². The third kappa shape index (κ3) is 10.7. The Bertz CT molecular complexity index is 271. The van der Waals surface area contributed by atoms with Crippen molar-refractivity contribution in [3.63, 3.8) is 0 Å². The van der Waals surface area contributed by atoms with Crippen LogP contribution in [0.3, 0.4) is 0 Å². The Kier molecular flexibility index (Phi) is 9.41. The first kappa shape index (κ1) is 16.2. The molecule has 0 N–H and O–H groups in total. The summed E-state index contributed by atoms with van der Waals surface area (Å²) in [4.78, 5) is 0. The molecule has 1 nitrogen and oxygen atoms in total. The SMILES string of the molecule is C=C(C)CSS/C=C(/C)C[S+]([O-])CC(=C)C.